The van der Waals surface area contributed by atoms with Crippen LogP contribution in [0.25, 0.3) is 0 Å². The van der Waals surface area contributed by atoms with Crippen LogP contribution in [-0.2, 0) is 16.1 Å². The Labute approximate surface area is 87.9 Å². The van der Waals surface area contributed by atoms with Crippen molar-refractivity contribution in [1.29, 1.82) is 0 Å². The molecule has 1 rings (SSSR count). The molecule has 0 aliphatic rings. The second-order valence-electron chi connectivity index (χ2n) is 2.77. The SMILES string of the molecule is COCC[n+]1cc(NC(=O)C(F)(F)F)on1. The summed E-state index contributed by atoms with van der Waals surface area (Å²) in [5.74, 6) is -2.49. The Bertz CT molecular complexity index is 363. The predicted octanol–water partition coefficient (Wildman–Crippen LogP) is 0.109. The van der Waals surface area contributed by atoms with Crippen LogP contribution < -0.4 is 10.00 Å². The van der Waals surface area contributed by atoms with Gasteiger partial charge in [0.2, 0.25) is 11.8 Å². The van der Waals surface area contributed by atoms with Crippen molar-refractivity contribution in [3.8, 4) is 0 Å². The number of amides is 1. The number of halogens is 3. The fourth-order valence-electron chi connectivity index (χ4n) is 0.807. The molecule has 1 aromatic heterocycles. The number of hydrogen-bond acceptors (Lipinski definition) is 4. The summed E-state index contributed by atoms with van der Waals surface area (Å²) < 4.78 is 45.9. The average Bonchev–Trinajstić information content (AvgIpc) is 2.61. The summed E-state index contributed by atoms with van der Waals surface area (Å²) in [4.78, 5) is 10.5. The zero-order valence-electron chi connectivity index (χ0n) is 8.24. The van der Waals surface area contributed by atoms with E-state index in [2.05, 4.69) is 9.79 Å². The van der Waals surface area contributed by atoms with Crippen molar-refractivity contribution in [2.45, 2.75) is 12.7 Å². The van der Waals surface area contributed by atoms with Gasteiger partial charge in [-0.05, 0) is 4.68 Å². The van der Waals surface area contributed by atoms with E-state index < -0.39 is 12.1 Å². The van der Waals surface area contributed by atoms with Gasteiger partial charge >= 0.3 is 18.0 Å². The highest BCUT2D eigenvalue weighted by Gasteiger charge is 2.39. The molecule has 90 valence electrons. The highest BCUT2D eigenvalue weighted by Crippen LogP contribution is 2.16. The third kappa shape index (κ3) is 3.50. The molecule has 1 amide bonds. The molecule has 0 saturated carbocycles. The molecule has 1 N–H and O–H groups in total. The van der Waals surface area contributed by atoms with Crippen LogP contribution in [-0.4, -0.2) is 31.1 Å². The number of nitrogens with one attached hydrogen (secondary N) is 1. The normalized spacial score (nSPS) is 11.5. The van der Waals surface area contributed by atoms with E-state index in [0.717, 1.165) is 6.20 Å². The molecule has 9 heteroatoms. The van der Waals surface area contributed by atoms with Crippen molar-refractivity contribution in [1.82, 2.24) is 5.27 Å². The fourth-order valence-corrected chi connectivity index (χ4v) is 0.807. The highest BCUT2D eigenvalue weighted by molar-refractivity contribution is 5.93. The number of carbonyl (C=O) groups is 1. The first-order valence-corrected chi connectivity index (χ1v) is 4.17. The summed E-state index contributed by atoms with van der Waals surface area (Å²) in [6.45, 7) is 0.631. The van der Waals surface area contributed by atoms with Crippen LogP contribution in [0.4, 0.5) is 19.1 Å². The van der Waals surface area contributed by atoms with Crippen LogP contribution >= 0.6 is 0 Å². The number of methoxy groups -OCH3 is 1. The summed E-state index contributed by atoms with van der Waals surface area (Å²) >= 11 is 0. The topological polar surface area (TPSA) is 68.2 Å². The number of carbonyl (C=O) groups excluding carboxylic acids is 1. The van der Waals surface area contributed by atoms with Crippen LogP contribution in [0, 0.1) is 0 Å². The van der Waals surface area contributed by atoms with Crippen molar-refractivity contribution in [2.75, 3.05) is 19.0 Å². The van der Waals surface area contributed by atoms with E-state index in [4.69, 9.17) is 4.74 Å². The zero-order chi connectivity index (χ0) is 12.2. The van der Waals surface area contributed by atoms with Gasteiger partial charge in [-0.25, -0.2) is 0 Å². The first-order chi connectivity index (χ1) is 7.43. The number of aromatic nitrogens is 2. The Morgan fingerprint density at radius 2 is 2.38 bits per heavy atom. The van der Waals surface area contributed by atoms with Gasteiger partial charge in [0.1, 0.15) is 6.61 Å². The molecule has 0 atom stereocenters. The molecular formula is C7H9F3N3O3+. The monoisotopic (exact) mass is 240 g/mol. The molecular weight excluding hydrogens is 231 g/mol. The van der Waals surface area contributed by atoms with Gasteiger partial charge in [0.15, 0.2) is 0 Å². The summed E-state index contributed by atoms with van der Waals surface area (Å²) in [6.07, 6.45) is -3.83. The Kier molecular flexibility index (Phi) is 3.82. The molecule has 0 aliphatic carbocycles. The molecule has 16 heavy (non-hydrogen) atoms. The maximum Gasteiger partial charge on any atom is 0.471 e. The molecule has 0 aromatic carbocycles. The Morgan fingerprint density at radius 3 is 2.94 bits per heavy atom. The summed E-state index contributed by atoms with van der Waals surface area (Å²) in [5.41, 5.74) is 0. The molecule has 0 aliphatic heterocycles. The van der Waals surface area contributed by atoms with Crippen molar-refractivity contribution >= 4 is 11.8 Å². The zero-order valence-corrected chi connectivity index (χ0v) is 8.24. The number of anilines is 1. The molecule has 1 aromatic rings. The molecule has 1 heterocycles. The molecule has 0 unspecified atom stereocenters. The molecule has 6 nitrogen and oxygen atoms in total. The maximum absolute atomic E-state index is 11.8. The third-order valence-electron chi connectivity index (χ3n) is 1.53. The van der Waals surface area contributed by atoms with E-state index >= 15 is 0 Å². The number of rotatable bonds is 4. The summed E-state index contributed by atoms with van der Waals surface area (Å²) in [7, 11) is 1.47. The van der Waals surface area contributed by atoms with Crippen LogP contribution in [0.1, 0.15) is 0 Å². The lowest BCUT2D eigenvalue weighted by Gasteiger charge is -2.02. The Morgan fingerprint density at radius 1 is 1.69 bits per heavy atom. The molecule has 0 bridgehead atoms. The van der Waals surface area contributed by atoms with Gasteiger partial charge in [0, 0.05) is 7.11 Å². The summed E-state index contributed by atoms with van der Waals surface area (Å²) in [5, 5.41) is 4.89. The number of hydrogen-bond donors (Lipinski definition) is 1. The molecule has 0 fully saturated rings. The Hall–Kier alpha value is -1.64. The average molecular weight is 240 g/mol. The number of ether oxygens (including phenoxy) is 1. The van der Waals surface area contributed by atoms with Gasteiger partial charge in [0.25, 0.3) is 6.20 Å². The van der Waals surface area contributed by atoms with Gasteiger partial charge < -0.3 is 4.74 Å². The van der Waals surface area contributed by atoms with Crippen LogP contribution in [0.15, 0.2) is 10.7 Å². The minimum atomic E-state index is -4.95. The molecule has 0 radical (unpaired) electrons. The first kappa shape index (κ1) is 12.4. The molecule has 0 spiro atoms. The summed E-state index contributed by atoms with van der Waals surface area (Å²) in [6, 6.07) is 0. The number of alkyl halides is 3. The van der Waals surface area contributed by atoms with E-state index in [-0.39, 0.29) is 5.88 Å². The van der Waals surface area contributed by atoms with Crippen LogP contribution in [0.2, 0.25) is 0 Å². The van der Waals surface area contributed by atoms with Crippen molar-refractivity contribution in [2.24, 2.45) is 0 Å². The van der Waals surface area contributed by atoms with Gasteiger partial charge in [-0.3, -0.25) is 14.6 Å². The third-order valence-corrected chi connectivity index (χ3v) is 1.53. The van der Waals surface area contributed by atoms with Crippen molar-refractivity contribution < 1.29 is 31.9 Å². The highest BCUT2D eigenvalue weighted by atomic mass is 19.4. The second-order valence-corrected chi connectivity index (χ2v) is 2.77. The van der Waals surface area contributed by atoms with Gasteiger partial charge in [-0.15, -0.1) is 0 Å². The second kappa shape index (κ2) is 4.92. The van der Waals surface area contributed by atoms with Crippen LogP contribution in [0.3, 0.4) is 0 Å². The van der Waals surface area contributed by atoms with Crippen molar-refractivity contribution in [3.63, 3.8) is 0 Å². The van der Waals surface area contributed by atoms with E-state index in [1.807, 2.05) is 0 Å². The largest absolute Gasteiger partial charge is 0.471 e. The van der Waals surface area contributed by atoms with E-state index in [9.17, 15) is 18.0 Å². The predicted molar refractivity (Wildman–Crippen MR) is 43.3 cm³/mol. The lowest BCUT2D eigenvalue weighted by Crippen LogP contribution is -2.37. The first-order valence-electron chi connectivity index (χ1n) is 4.17. The fraction of sp³-hybridized carbons (Fsp3) is 0.571. The van der Waals surface area contributed by atoms with Crippen molar-refractivity contribution in [3.05, 3.63) is 6.20 Å². The smallest absolute Gasteiger partial charge is 0.378 e. The maximum atomic E-state index is 11.8. The van der Waals surface area contributed by atoms with Gasteiger partial charge in [0.05, 0.1) is 0 Å². The molecule has 0 saturated heterocycles. The van der Waals surface area contributed by atoms with Gasteiger partial charge in [-0.1, -0.05) is 0 Å². The minimum absolute atomic E-state index is 0.307. The minimum Gasteiger partial charge on any atom is -0.378 e. The Balaban J connectivity index is 2.55. The standard InChI is InChI=1S/C7H8F3N3O3/c1-15-3-2-13-4-5(16-12-13)11-6(14)7(8,9)10/h4H,2-3H2,1H3/p+1. The quantitative estimate of drug-likeness (QED) is 0.758. The van der Waals surface area contributed by atoms with E-state index in [1.165, 1.54) is 17.1 Å². The number of nitrogens with zero attached hydrogens (tertiary/aromatic N) is 2. The lowest BCUT2D eigenvalue weighted by atomic mass is 10.5. The lowest BCUT2D eigenvalue weighted by molar-refractivity contribution is -0.763. The van der Waals surface area contributed by atoms with Crippen LogP contribution in [0.5, 0.6) is 0 Å². The van der Waals surface area contributed by atoms with E-state index in [0.29, 0.717) is 13.2 Å². The van der Waals surface area contributed by atoms with E-state index in [1.54, 1.807) is 0 Å². The van der Waals surface area contributed by atoms with Gasteiger partial charge in [-0.2, -0.15) is 13.2 Å².